The van der Waals surface area contributed by atoms with Crippen molar-refractivity contribution < 1.29 is 19.4 Å². The van der Waals surface area contributed by atoms with E-state index in [2.05, 4.69) is 5.32 Å². The number of carboxylic acids is 1. The maximum atomic E-state index is 10.9. The van der Waals surface area contributed by atoms with Gasteiger partial charge in [-0.25, -0.2) is 0 Å². The van der Waals surface area contributed by atoms with Gasteiger partial charge in [-0.3, -0.25) is 9.59 Å². The zero-order valence-corrected chi connectivity index (χ0v) is 7.87. The largest absolute Gasteiger partial charge is 0.481 e. The van der Waals surface area contributed by atoms with Crippen LogP contribution in [-0.2, 0) is 14.3 Å². The standard InChI is InChI=1S/C8H15NO4/c1-6(13-2)5-9-7(10)3-4-8(11)12/h6H,3-5H2,1-2H3,(H,9,10)(H,11,12). The van der Waals surface area contributed by atoms with Crippen LogP contribution in [-0.4, -0.2) is 36.7 Å². The van der Waals surface area contributed by atoms with Gasteiger partial charge in [0.25, 0.3) is 0 Å². The van der Waals surface area contributed by atoms with Gasteiger partial charge in [-0.2, -0.15) is 0 Å². The van der Waals surface area contributed by atoms with Gasteiger partial charge in [0, 0.05) is 20.1 Å². The summed E-state index contributed by atoms with van der Waals surface area (Å²) in [5.41, 5.74) is 0. The molecular weight excluding hydrogens is 174 g/mol. The van der Waals surface area contributed by atoms with E-state index in [9.17, 15) is 9.59 Å². The van der Waals surface area contributed by atoms with Crippen LogP contribution in [0.3, 0.4) is 0 Å². The predicted molar refractivity (Wildman–Crippen MR) is 46.4 cm³/mol. The first kappa shape index (κ1) is 11.9. The number of amides is 1. The third-order valence-corrected chi connectivity index (χ3v) is 1.55. The van der Waals surface area contributed by atoms with E-state index in [1.165, 1.54) is 0 Å². The molecular formula is C8H15NO4. The van der Waals surface area contributed by atoms with E-state index in [1.807, 2.05) is 6.92 Å². The number of carbonyl (C=O) groups is 2. The van der Waals surface area contributed by atoms with E-state index in [1.54, 1.807) is 7.11 Å². The molecule has 0 bridgehead atoms. The molecule has 0 spiro atoms. The highest BCUT2D eigenvalue weighted by Crippen LogP contribution is 1.90. The van der Waals surface area contributed by atoms with Crippen LogP contribution >= 0.6 is 0 Å². The predicted octanol–water partition coefficient (Wildman–Crippen LogP) is 0.00230. The Morgan fingerprint density at radius 2 is 2.08 bits per heavy atom. The van der Waals surface area contributed by atoms with E-state index >= 15 is 0 Å². The molecule has 76 valence electrons. The van der Waals surface area contributed by atoms with Gasteiger partial charge < -0.3 is 15.2 Å². The lowest BCUT2D eigenvalue weighted by Crippen LogP contribution is -2.31. The molecule has 0 aliphatic rings. The molecule has 1 amide bonds. The van der Waals surface area contributed by atoms with Gasteiger partial charge >= 0.3 is 5.97 Å². The molecule has 0 aromatic heterocycles. The highest BCUT2D eigenvalue weighted by Gasteiger charge is 2.06. The topological polar surface area (TPSA) is 75.6 Å². The first-order valence-electron chi connectivity index (χ1n) is 4.07. The van der Waals surface area contributed by atoms with E-state index < -0.39 is 5.97 Å². The van der Waals surface area contributed by atoms with Gasteiger partial charge in [0.2, 0.25) is 5.91 Å². The second kappa shape index (κ2) is 6.42. The Morgan fingerprint density at radius 3 is 2.54 bits per heavy atom. The first-order valence-corrected chi connectivity index (χ1v) is 4.07. The van der Waals surface area contributed by atoms with Crippen molar-refractivity contribution in [1.29, 1.82) is 0 Å². The molecule has 0 aromatic rings. The lowest BCUT2D eigenvalue weighted by Gasteiger charge is -2.09. The molecule has 0 rings (SSSR count). The van der Waals surface area contributed by atoms with E-state index in [0.29, 0.717) is 6.54 Å². The third-order valence-electron chi connectivity index (χ3n) is 1.55. The molecule has 5 nitrogen and oxygen atoms in total. The summed E-state index contributed by atoms with van der Waals surface area (Å²) in [6.07, 6.45) is -0.160. The second-order valence-corrected chi connectivity index (χ2v) is 2.74. The smallest absolute Gasteiger partial charge is 0.303 e. The Hall–Kier alpha value is -1.10. The van der Waals surface area contributed by atoms with Gasteiger partial charge in [0.05, 0.1) is 12.5 Å². The Bertz CT molecular complexity index is 181. The molecule has 0 aliphatic heterocycles. The molecule has 5 heteroatoms. The van der Waals surface area contributed by atoms with Crippen LogP contribution in [0, 0.1) is 0 Å². The Morgan fingerprint density at radius 1 is 1.46 bits per heavy atom. The van der Waals surface area contributed by atoms with Crippen molar-refractivity contribution in [3.8, 4) is 0 Å². The molecule has 0 radical (unpaired) electrons. The van der Waals surface area contributed by atoms with Crippen molar-refractivity contribution in [2.75, 3.05) is 13.7 Å². The number of rotatable bonds is 6. The number of hydrogen-bond acceptors (Lipinski definition) is 3. The quantitative estimate of drug-likeness (QED) is 0.616. The van der Waals surface area contributed by atoms with Gasteiger partial charge in [0.15, 0.2) is 0 Å². The third kappa shape index (κ3) is 7.27. The van der Waals surface area contributed by atoms with Crippen LogP contribution in [0.15, 0.2) is 0 Å². The van der Waals surface area contributed by atoms with Crippen molar-refractivity contribution in [1.82, 2.24) is 5.32 Å². The van der Waals surface area contributed by atoms with Crippen molar-refractivity contribution in [3.63, 3.8) is 0 Å². The number of nitrogens with one attached hydrogen (secondary N) is 1. The Labute approximate surface area is 77.1 Å². The monoisotopic (exact) mass is 189 g/mol. The van der Waals surface area contributed by atoms with Crippen LogP contribution in [0.25, 0.3) is 0 Å². The van der Waals surface area contributed by atoms with Gasteiger partial charge in [-0.05, 0) is 6.92 Å². The summed E-state index contributed by atoms with van der Waals surface area (Å²) in [7, 11) is 1.55. The van der Waals surface area contributed by atoms with Crippen molar-refractivity contribution in [2.24, 2.45) is 0 Å². The molecule has 0 saturated carbocycles. The summed E-state index contributed by atoms with van der Waals surface area (Å²) in [5, 5.41) is 10.8. The molecule has 2 N–H and O–H groups in total. The number of methoxy groups -OCH3 is 1. The normalized spacial score (nSPS) is 12.2. The average molecular weight is 189 g/mol. The van der Waals surface area contributed by atoms with Gasteiger partial charge in [-0.1, -0.05) is 0 Å². The number of aliphatic carboxylic acids is 1. The molecule has 0 saturated heterocycles. The van der Waals surface area contributed by atoms with Gasteiger partial charge in [-0.15, -0.1) is 0 Å². The summed E-state index contributed by atoms with van der Waals surface area (Å²) >= 11 is 0. The molecule has 0 aliphatic carbocycles. The van der Waals surface area contributed by atoms with Crippen LogP contribution in [0.1, 0.15) is 19.8 Å². The highest BCUT2D eigenvalue weighted by atomic mass is 16.5. The van der Waals surface area contributed by atoms with Crippen LogP contribution < -0.4 is 5.32 Å². The number of carbonyl (C=O) groups excluding carboxylic acids is 1. The Balaban J connectivity index is 3.46. The maximum absolute atomic E-state index is 10.9. The minimum Gasteiger partial charge on any atom is -0.481 e. The van der Waals surface area contributed by atoms with Crippen LogP contribution in [0.4, 0.5) is 0 Å². The van der Waals surface area contributed by atoms with E-state index in [-0.39, 0.29) is 24.9 Å². The number of hydrogen-bond donors (Lipinski definition) is 2. The van der Waals surface area contributed by atoms with Crippen molar-refractivity contribution >= 4 is 11.9 Å². The molecule has 1 atom stereocenters. The fourth-order valence-corrected chi connectivity index (χ4v) is 0.650. The molecule has 0 fully saturated rings. The Kier molecular flexibility index (Phi) is 5.88. The summed E-state index contributed by atoms with van der Waals surface area (Å²) in [6, 6.07) is 0. The fourth-order valence-electron chi connectivity index (χ4n) is 0.650. The zero-order valence-electron chi connectivity index (χ0n) is 7.87. The van der Waals surface area contributed by atoms with Crippen molar-refractivity contribution in [2.45, 2.75) is 25.9 Å². The minimum absolute atomic E-state index is 0.0196. The second-order valence-electron chi connectivity index (χ2n) is 2.74. The lowest BCUT2D eigenvalue weighted by molar-refractivity contribution is -0.138. The van der Waals surface area contributed by atoms with Gasteiger partial charge in [0.1, 0.15) is 0 Å². The summed E-state index contributed by atoms with van der Waals surface area (Å²) in [5.74, 6) is -1.22. The van der Waals surface area contributed by atoms with Crippen molar-refractivity contribution in [3.05, 3.63) is 0 Å². The number of ether oxygens (including phenoxy) is 1. The van der Waals surface area contributed by atoms with Crippen LogP contribution in [0.5, 0.6) is 0 Å². The maximum Gasteiger partial charge on any atom is 0.303 e. The summed E-state index contributed by atoms with van der Waals surface area (Å²) in [6.45, 7) is 2.23. The van der Waals surface area contributed by atoms with E-state index in [4.69, 9.17) is 9.84 Å². The molecule has 1 unspecified atom stereocenters. The highest BCUT2D eigenvalue weighted by molar-refractivity contribution is 5.80. The number of carboxylic acid groups (broad SMARTS) is 1. The summed E-state index contributed by atoms with van der Waals surface area (Å²) < 4.78 is 4.90. The fraction of sp³-hybridized carbons (Fsp3) is 0.750. The van der Waals surface area contributed by atoms with Crippen LogP contribution in [0.2, 0.25) is 0 Å². The first-order chi connectivity index (χ1) is 6.06. The SMILES string of the molecule is COC(C)CNC(=O)CCC(=O)O. The molecule has 13 heavy (non-hydrogen) atoms. The molecule has 0 aromatic carbocycles. The minimum atomic E-state index is -0.963. The zero-order chi connectivity index (χ0) is 10.3. The van der Waals surface area contributed by atoms with E-state index in [0.717, 1.165) is 0 Å². The average Bonchev–Trinajstić information content (AvgIpc) is 2.10. The molecule has 0 heterocycles. The lowest BCUT2D eigenvalue weighted by atomic mass is 10.3. The summed E-state index contributed by atoms with van der Waals surface area (Å²) in [4.78, 5) is 21.0.